The molecular weight excluding hydrogens is 440 g/mol. The van der Waals surface area contributed by atoms with Gasteiger partial charge in [-0.05, 0) is 46.6 Å². The number of hydrogen-bond acceptors (Lipinski definition) is 4. The summed E-state index contributed by atoms with van der Waals surface area (Å²) in [6.07, 6.45) is 1.51. The van der Waals surface area contributed by atoms with Crippen LogP contribution in [-0.4, -0.2) is 25.8 Å². The first-order valence-corrected chi connectivity index (χ1v) is 8.63. The molecule has 126 valence electrons. The van der Waals surface area contributed by atoms with Crippen molar-refractivity contribution in [2.75, 3.05) is 13.7 Å². The first kappa shape index (κ1) is 18.5. The average Bonchev–Trinajstić information content (AvgIpc) is 2.54. The number of benzene rings is 2. The second kappa shape index (κ2) is 8.84. The Balaban J connectivity index is 1.94. The predicted molar refractivity (Wildman–Crippen MR) is 101 cm³/mol. The minimum atomic E-state index is -0.345. The van der Waals surface area contributed by atoms with E-state index in [1.54, 1.807) is 7.11 Å². The Labute approximate surface area is 157 Å². The van der Waals surface area contributed by atoms with Crippen LogP contribution in [0.25, 0.3) is 0 Å². The molecule has 0 aliphatic heterocycles. The van der Waals surface area contributed by atoms with Crippen molar-refractivity contribution >= 4 is 44.0 Å². The zero-order valence-corrected chi connectivity index (χ0v) is 16.3. The van der Waals surface area contributed by atoms with Crippen molar-refractivity contribution in [2.45, 2.75) is 6.92 Å². The molecule has 24 heavy (non-hydrogen) atoms. The van der Waals surface area contributed by atoms with Gasteiger partial charge in [-0.3, -0.25) is 4.79 Å². The van der Waals surface area contributed by atoms with E-state index in [4.69, 9.17) is 9.47 Å². The highest BCUT2D eigenvalue weighted by Gasteiger charge is 2.08. The summed E-state index contributed by atoms with van der Waals surface area (Å²) in [6, 6.07) is 11.2. The molecule has 0 aliphatic rings. The van der Waals surface area contributed by atoms with Gasteiger partial charge in [-0.25, -0.2) is 5.43 Å². The molecule has 0 bridgehead atoms. The van der Waals surface area contributed by atoms with Gasteiger partial charge in [-0.15, -0.1) is 0 Å². The van der Waals surface area contributed by atoms with Crippen molar-refractivity contribution in [3.63, 3.8) is 0 Å². The van der Waals surface area contributed by atoms with Gasteiger partial charge < -0.3 is 9.47 Å². The lowest BCUT2D eigenvalue weighted by Gasteiger charge is -2.08. The number of carbonyl (C=O) groups is 1. The van der Waals surface area contributed by atoms with Crippen molar-refractivity contribution in [2.24, 2.45) is 5.10 Å². The molecule has 1 N–H and O–H groups in total. The zero-order chi connectivity index (χ0) is 17.5. The minimum absolute atomic E-state index is 0.110. The topological polar surface area (TPSA) is 59.9 Å². The molecule has 0 aromatic heterocycles. The van der Waals surface area contributed by atoms with Crippen LogP contribution in [0.5, 0.6) is 11.5 Å². The normalized spacial score (nSPS) is 10.7. The van der Waals surface area contributed by atoms with Gasteiger partial charge in [-0.2, -0.15) is 5.10 Å². The van der Waals surface area contributed by atoms with Crippen molar-refractivity contribution in [1.29, 1.82) is 0 Å². The van der Waals surface area contributed by atoms with Crippen molar-refractivity contribution in [3.05, 3.63) is 56.5 Å². The Morgan fingerprint density at radius 2 is 2.04 bits per heavy atom. The van der Waals surface area contributed by atoms with E-state index < -0.39 is 0 Å². The maximum absolute atomic E-state index is 11.8. The fourth-order valence-electron chi connectivity index (χ4n) is 1.96. The second-order valence-corrected chi connectivity index (χ2v) is 6.63. The molecule has 0 aliphatic carbocycles. The number of carbonyl (C=O) groups excluding carboxylic acids is 1. The van der Waals surface area contributed by atoms with Crippen LogP contribution in [0.3, 0.4) is 0 Å². The average molecular weight is 456 g/mol. The molecular formula is C17H16Br2N2O3. The van der Waals surface area contributed by atoms with Gasteiger partial charge in [0, 0.05) is 10.0 Å². The minimum Gasteiger partial charge on any atom is -0.495 e. The number of hydrogen-bond donors (Lipinski definition) is 1. The van der Waals surface area contributed by atoms with Gasteiger partial charge in [0.05, 0.1) is 17.8 Å². The fourth-order valence-corrected chi connectivity index (χ4v) is 3.38. The van der Waals surface area contributed by atoms with E-state index in [2.05, 4.69) is 42.4 Å². The number of para-hydroxylation sites is 1. The number of nitrogens with zero attached hydrogens (tertiary/aromatic N) is 1. The molecule has 0 radical (unpaired) electrons. The molecule has 0 saturated carbocycles. The van der Waals surface area contributed by atoms with E-state index in [-0.39, 0.29) is 12.5 Å². The largest absolute Gasteiger partial charge is 0.495 e. The number of rotatable bonds is 6. The van der Waals surface area contributed by atoms with Crippen LogP contribution in [0.4, 0.5) is 0 Å². The number of aryl methyl sites for hydroxylation is 1. The third-order valence-corrected chi connectivity index (χ3v) is 4.13. The van der Waals surface area contributed by atoms with Crippen LogP contribution >= 0.6 is 31.9 Å². The Kier molecular flexibility index (Phi) is 6.81. The van der Waals surface area contributed by atoms with Gasteiger partial charge in [0.15, 0.2) is 6.61 Å². The lowest BCUT2D eigenvalue weighted by molar-refractivity contribution is -0.123. The Hall–Kier alpha value is -1.86. The summed E-state index contributed by atoms with van der Waals surface area (Å²) in [7, 11) is 1.57. The van der Waals surface area contributed by atoms with Crippen LogP contribution < -0.4 is 14.9 Å². The third kappa shape index (κ3) is 5.07. The lowest BCUT2D eigenvalue weighted by atomic mass is 10.2. The first-order chi connectivity index (χ1) is 11.5. The molecule has 2 rings (SSSR count). The number of methoxy groups -OCH3 is 1. The zero-order valence-electron chi connectivity index (χ0n) is 13.2. The molecule has 7 heteroatoms. The third-order valence-electron chi connectivity index (χ3n) is 3.09. The number of halogens is 2. The van der Waals surface area contributed by atoms with Crippen LogP contribution in [0.15, 0.2) is 50.4 Å². The van der Waals surface area contributed by atoms with Crippen molar-refractivity contribution in [1.82, 2.24) is 5.43 Å². The molecule has 2 aromatic rings. The lowest BCUT2D eigenvalue weighted by Crippen LogP contribution is -2.24. The van der Waals surface area contributed by atoms with E-state index in [1.165, 1.54) is 6.21 Å². The number of amides is 1. The summed E-state index contributed by atoms with van der Waals surface area (Å²) in [6.45, 7) is 1.81. The van der Waals surface area contributed by atoms with Gasteiger partial charge in [0.25, 0.3) is 5.91 Å². The highest BCUT2D eigenvalue weighted by Crippen LogP contribution is 2.31. The van der Waals surface area contributed by atoms with E-state index in [0.29, 0.717) is 11.5 Å². The summed E-state index contributed by atoms with van der Waals surface area (Å²) in [5.74, 6) is 0.962. The van der Waals surface area contributed by atoms with Crippen LogP contribution in [0, 0.1) is 6.92 Å². The molecule has 0 heterocycles. The summed E-state index contributed by atoms with van der Waals surface area (Å²) in [5.41, 5.74) is 4.12. The molecule has 5 nitrogen and oxygen atoms in total. The van der Waals surface area contributed by atoms with Crippen LogP contribution in [-0.2, 0) is 4.79 Å². The van der Waals surface area contributed by atoms with E-state index in [0.717, 1.165) is 20.1 Å². The highest BCUT2D eigenvalue weighted by molar-refractivity contribution is 9.11. The van der Waals surface area contributed by atoms with Gasteiger partial charge in [-0.1, -0.05) is 34.1 Å². The molecule has 0 spiro atoms. The molecule has 0 saturated heterocycles. The monoisotopic (exact) mass is 454 g/mol. The smallest absolute Gasteiger partial charge is 0.277 e. The Bertz CT molecular complexity index is 763. The SMILES string of the molecule is COc1c(Br)cc(Br)cc1C=NNC(=O)COc1ccccc1C. The summed E-state index contributed by atoms with van der Waals surface area (Å²) < 4.78 is 12.4. The molecule has 0 atom stereocenters. The fraction of sp³-hybridized carbons (Fsp3) is 0.176. The predicted octanol–water partition coefficient (Wildman–Crippen LogP) is 4.06. The summed E-state index contributed by atoms with van der Waals surface area (Å²) in [4.78, 5) is 11.8. The van der Waals surface area contributed by atoms with Crippen LogP contribution in [0.2, 0.25) is 0 Å². The summed E-state index contributed by atoms with van der Waals surface area (Å²) in [5, 5.41) is 3.94. The molecule has 0 fully saturated rings. The Morgan fingerprint density at radius 3 is 2.75 bits per heavy atom. The van der Waals surface area contributed by atoms with Gasteiger partial charge in [0.1, 0.15) is 11.5 Å². The second-order valence-electron chi connectivity index (χ2n) is 4.86. The van der Waals surface area contributed by atoms with E-state index in [1.807, 2.05) is 43.3 Å². The molecule has 1 amide bonds. The summed E-state index contributed by atoms with van der Waals surface area (Å²) >= 11 is 6.81. The number of ether oxygens (including phenoxy) is 2. The van der Waals surface area contributed by atoms with Gasteiger partial charge in [0.2, 0.25) is 0 Å². The maximum atomic E-state index is 11.8. The Morgan fingerprint density at radius 1 is 1.29 bits per heavy atom. The van der Waals surface area contributed by atoms with Crippen LogP contribution in [0.1, 0.15) is 11.1 Å². The molecule has 2 aromatic carbocycles. The maximum Gasteiger partial charge on any atom is 0.277 e. The van der Waals surface area contributed by atoms with E-state index in [9.17, 15) is 4.79 Å². The number of hydrazone groups is 1. The highest BCUT2D eigenvalue weighted by atomic mass is 79.9. The van der Waals surface area contributed by atoms with Crippen molar-refractivity contribution in [3.8, 4) is 11.5 Å². The standard InChI is InChI=1S/C17H16Br2N2O3/c1-11-5-3-4-6-15(11)24-10-16(22)21-20-9-12-7-13(18)8-14(19)17(12)23-2/h3-9H,10H2,1-2H3,(H,21,22). The van der Waals surface area contributed by atoms with Gasteiger partial charge >= 0.3 is 0 Å². The van der Waals surface area contributed by atoms with Crippen molar-refractivity contribution < 1.29 is 14.3 Å². The first-order valence-electron chi connectivity index (χ1n) is 7.04. The number of nitrogens with one attached hydrogen (secondary N) is 1. The quantitative estimate of drug-likeness (QED) is 0.527. The van der Waals surface area contributed by atoms with E-state index >= 15 is 0 Å². The molecule has 0 unspecified atom stereocenters.